The van der Waals surface area contributed by atoms with Gasteiger partial charge in [-0.1, -0.05) is 18.9 Å². The van der Waals surface area contributed by atoms with E-state index in [-0.39, 0.29) is 17.5 Å². The third-order valence-electron chi connectivity index (χ3n) is 5.36. The molecule has 1 aliphatic heterocycles. The first-order valence-electron chi connectivity index (χ1n) is 9.28. The molecule has 4 rings (SSSR count). The molecular formula is C20H20F2N2O3S. The summed E-state index contributed by atoms with van der Waals surface area (Å²) in [6.45, 7) is 0.238. The van der Waals surface area contributed by atoms with Crippen molar-refractivity contribution >= 4 is 21.6 Å². The van der Waals surface area contributed by atoms with Crippen molar-refractivity contribution in [2.45, 2.75) is 43.0 Å². The van der Waals surface area contributed by atoms with E-state index in [0.717, 1.165) is 37.8 Å². The molecule has 1 amide bonds. The molecule has 0 aromatic heterocycles. The number of carbonyl (C=O) groups is 1. The summed E-state index contributed by atoms with van der Waals surface area (Å²) >= 11 is 0. The van der Waals surface area contributed by atoms with Crippen LogP contribution in [0.5, 0.6) is 0 Å². The van der Waals surface area contributed by atoms with Gasteiger partial charge in [-0.25, -0.2) is 21.9 Å². The van der Waals surface area contributed by atoms with Gasteiger partial charge in [0.15, 0.2) is 0 Å². The highest BCUT2D eigenvalue weighted by Gasteiger charge is 2.31. The van der Waals surface area contributed by atoms with E-state index >= 15 is 0 Å². The van der Waals surface area contributed by atoms with Crippen molar-refractivity contribution in [3.8, 4) is 0 Å². The molecule has 28 heavy (non-hydrogen) atoms. The second kappa shape index (κ2) is 7.25. The molecule has 2 aromatic carbocycles. The smallest absolute Gasteiger partial charge is 0.264 e. The topological polar surface area (TPSA) is 66.5 Å². The number of halogens is 2. The molecule has 1 saturated carbocycles. The number of hydrogen-bond acceptors (Lipinski definition) is 3. The van der Waals surface area contributed by atoms with E-state index < -0.39 is 33.1 Å². The maximum absolute atomic E-state index is 14.0. The predicted molar refractivity (Wildman–Crippen MR) is 101 cm³/mol. The summed E-state index contributed by atoms with van der Waals surface area (Å²) in [5.41, 5.74) is 0.543. The minimum absolute atomic E-state index is 0.0413. The van der Waals surface area contributed by atoms with Crippen LogP contribution in [0, 0.1) is 11.6 Å². The molecule has 8 heteroatoms. The molecule has 0 unspecified atom stereocenters. The molecule has 1 aliphatic carbocycles. The van der Waals surface area contributed by atoms with Gasteiger partial charge < -0.3 is 4.90 Å². The van der Waals surface area contributed by atoms with Gasteiger partial charge in [0.05, 0.1) is 4.90 Å². The third kappa shape index (κ3) is 3.42. The van der Waals surface area contributed by atoms with Gasteiger partial charge in [0.1, 0.15) is 17.2 Å². The second-order valence-corrected chi connectivity index (χ2v) is 8.91. The Morgan fingerprint density at radius 2 is 1.75 bits per heavy atom. The fourth-order valence-electron chi connectivity index (χ4n) is 3.92. The Morgan fingerprint density at radius 3 is 2.43 bits per heavy atom. The lowest BCUT2D eigenvalue weighted by Crippen LogP contribution is -2.32. The number of fused-ring (bicyclic) bond motifs is 1. The van der Waals surface area contributed by atoms with Crippen LogP contribution in [0.3, 0.4) is 0 Å². The second-order valence-electron chi connectivity index (χ2n) is 7.20. The van der Waals surface area contributed by atoms with E-state index in [0.29, 0.717) is 17.7 Å². The van der Waals surface area contributed by atoms with Crippen LogP contribution >= 0.6 is 0 Å². The van der Waals surface area contributed by atoms with Crippen LogP contribution in [0.25, 0.3) is 0 Å². The van der Waals surface area contributed by atoms with Gasteiger partial charge in [0, 0.05) is 18.3 Å². The summed E-state index contributed by atoms with van der Waals surface area (Å²) in [4.78, 5) is 14.1. The first-order valence-corrected chi connectivity index (χ1v) is 10.8. The lowest BCUT2D eigenvalue weighted by atomic mass is 10.1. The zero-order chi connectivity index (χ0) is 19.9. The lowest BCUT2D eigenvalue weighted by Gasteiger charge is -2.18. The van der Waals surface area contributed by atoms with Gasteiger partial charge >= 0.3 is 0 Å². The molecule has 0 radical (unpaired) electrons. The van der Waals surface area contributed by atoms with Crippen molar-refractivity contribution in [1.82, 2.24) is 4.72 Å². The quantitative estimate of drug-likeness (QED) is 0.847. The minimum atomic E-state index is -3.64. The Hall–Kier alpha value is -2.32. The normalized spacial score (nSPS) is 17.1. The number of anilines is 1. The molecule has 148 valence electrons. The molecule has 0 atom stereocenters. The molecular weight excluding hydrogens is 386 g/mol. The van der Waals surface area contributed by atoms with Crippen LogP contribution in [-0.2, 0) is 16.4 Å². The fourth-order valence-corrected chi connectivity index (χ4v) is 5.28. The average Bonchev–Trinajstić information content (AvgIpc) is 3.29. The average molecular weight is 406 g/mol. The largest absolute Gasteiger partial charge is 0.308 e. The maximum atomic E-state index is 14.0. The summed E-state index contributed by atoms with van der Waals surface area (Å²) < 4.78 is 55.9. The zero-order valence-corrected chi connectivity index (χ0v) is 15.9. The van der Waals surface area contributed by atoms with Crippen LogP contribution in [0.4, 0.5) is 14.5 Å². The number of hydrogen-bond donors (Lipinski definition) is 1. The van der Waals surface area contributed by atoms with Gasteiger partial charge in [0.2, 0.25) is 10.0 Å². The van der Waals surface area contributed by atoms with E-state index in [1.165, 1.54) is 29.2 Å². The summed E-state index contributed by atoms with van der Waals surface area (Å²) in [7, 11) is -3.64. The number of benzene rings is 2. The number of nitrogens with one attached hydrogen (secondary N) is 1. The third-order valence-corrected chi connectivity index (χ3v) is 6.87. The van der Waals surface area contributed by atoms with Crippen molar-refractivity contribution in [3.05, 3.63) is 59.2 Å². The van der Waals surface area contributed by atoms with Crippen LogP contribution in [0.2, 0.25) is 0 Å². The highest BCUT2D eigenvalue weighted by Crippen LogP contribution is 2.32. The standard InChI is InChI=1S/C20H20F2N2O3S/c21-16-6-3-7-17(22)19(16)20(25)24-11-10-13-12-15(8-9-18(13)24)28(26,27)23-14-4-1-2-5-14/h3,6-9,12,14,23H,1-2,4-5,10-11H2. The Balaban J connectivity index is 1.61. The number of rotatable bonds is 4. The molecule has 1 fully saturated rings. The molecule has 1 N–H and O–H groups in total. The number of nitrogens with zero attached hydrogens (tertiary/aromatic N) is 1. The van der Waals surface area contributed by atoms with Crippen molar-refractivity contribution in [2.75, 3.05) is 11.4 Å². The minimum Gasteiger partial charge on any atom is -0.308 e. The Labute approximate surface area is 162 Å². The SMILES string of the molecule is O=C(c1c(F)cccc1F)N1CCc2cc(S(=O)(=O)NC3CCCC3)ccc21. The van der Waals surface area contributed by atoms with Crippen LogP contribution < -0.4 is 9.62 Å². The van der Waals surface area contributed by atoms with Crippen molar-refractivity contribution in [1.29, 1.82) is 0 Å². The summed E-state index contributed by atoms with van der Waals surface area (Å²) in [5, 5.41) is 0. The Kier molecular flexibility index (Phi) is 4.93. The van der Waals surface area contributed by atoms with Crippen LogP contribution in [0.1, 0.15) is 41.6 Å². The Morgan fingerprint density at radius 1 is 1.07 bits per heavy atom. The monoisotopic (exact) mass is 406 g/mol. The van der Waals surface area contributed by atoms with Crippen LogP contribution in [0.15, 0.2) is 41.3 Å². The lowest BCUT2D eigenvalue weighted by molar-refractivity contribution is 0.0981. The molecule has 5 nitrogen and oxygen atoms in total. The molecule has 2 aliphatic rings. The molecule has 0 saturated heterocycles. The van der Waals surface area contributed by atoms with Gasteiger partial charge in [0.25, 0.3) is 5.91 Å². The van der Waals surface area contributed by atoms with Crippen molar-refractivity contribution in [3.63, 3.8) is 0 Å². The van der Waals surface area contributed by atoms with E-state index in [2.05, 4.69) is 4.72 Å². The summed E-state index contributed by atoms with van der Waals surface area (Å²) in [5.74, 6) is -2.61. The highest BCUT2D eigenvalue weighted by molar-refractivity contribution is 7.89. The zero-order valence-electron chi connectivity index (χ0n) is 15.1. The summed E-state index contributed by atoms with van der Waals surface area (Å²) in [6, 6.07) is 7.74. The van der Waals surface area contributed by atoms with E-state index in [4.69, 9.17) is 0 Å². The van der Waals surface area contributed by atoms with Gasteiger partial charge in [-0.05, 0) is 55.2 Å². The predicted octanol–water partition coefficient (Wildman–Crippen LogP) is 3.39. The number of carbonyl (C=O) groups excluding carboxylic acids is 1. The Bertz CT molecular complexity index is 1010. The molecule has 0 bridgehead atoms. The highest BCUT2D eigenvalue weighted by atomic mass is 32.2. The number of amides is 1. The first-order chi connectivity index (χ1) is 13.4. The van der Waals surface area contributed by atoms with Gasteiger partial charge in [-0.3, -0.25) is 4.79 Å². The number of sulfonamides is 1. The van der Waals surface area contributed by atoms with Crippen molar-refractivity contribution < 1.29 is 22.0 Å². The molecule has 2 aromatic rings. The van der Waals surface area contributed by atoms with Gasteiger partial charge in [-0.15, -0.1) is 0 Å². The van der Waals surface area contributed by atoms with Gasteiger partial charge in [-0.2, -0.15) is 0 Å². The van der Waals surface area contributed by atoms with Crippen molar-refractivity contribution in [2.24, 2.45) is 0 Å². The fraction of sp³-hybridized carbons (Fsp3) is 0.350. The summed E-state index contributed by atoms with van der Waals surface area (Å²) in [6.07, 6.45) is 4.12. The van der Waals surface area contributed by atoms with E-state index in [1.54, 1.807) is 0 Å². The molecule has 1 heterocycles. The first kappa shape index (κ1) is 19.0. The van der Waals surface area contributed by atoms with E-state index in [1.807, 2.05) is 0 Å². The van der Waals surface area contributed by atoms with E-state index in [9.17, 15) is 22.0 Å². The molecule has 0 spiro atoms. The van der Waals surface area contributed by atoms with Crippen LogP contribution in [-0.4, -0.2) is 26.9 Å². The maximum Gasteiger partial charge on any atom is 0.264 e.